The molecule has 2 aromatic carbocycles. The monoisotopic (exact) mass is 287 g/mol. The Bertz CT molecular complexity index is 699. The Kier molecular flexibility index (Phi) is 3.31. The van der Waals surface area contributed by atoms with Gasteiger partial charge in [0.2, 0.25) is 0 Å². The summed E-state index contributed by atoms with van der Waals surface area (Å²) >= 11 is 7.91. The first kappa shape index (κ1) is 12.7. The maximum absolute atomic E-state index is 6.35. The van der Waals surface area contributed by atoms with Crippen molar-refractivity contribution in [2.24, 2.45) is 5.73 Å². The first-order chi connectivity index (χ1) is 9.15. The zero-order chi connectivity index (χ0) is 13.4. The van der Waals surface area contributed by atoms with E-state index < -0.39 is 0 Å². The third kappa shape index (κ3) is 2.39. The molecular formula is C16H14ClNS. The molecule has 1 atom stereocenters. The molecule has 1 aromatic heterocycles. The van der Waals surface area contributed by atoms with Crippen molar-refractivity contribution in [2.45, 2.75) is 13.0 Å². The largest absolute Gasteiger partial charge is 0.320 e. The Morgan fingerprint density at radius 2 is 1.89 bits per heavy atom. The van der Waals surface area contributed by atoms with Crippen molar-refractivity contribution < 1.29 is 0 Å². The van der Waals surface area contributed by atoms with Gasteiger partial charge in [0.05, 0.1) is 6.04 Å². The second-order valence-corrected chi connectivity index (χ2v) is 6.20. The summed E-state index contributed by atoms with van der Waals surface area (Å²) in [7, 11) is 0. The number of rotatable bonds is 2. The molecule has 0 saturated carbocycles. The molecule has 0 saturated heterocycles. The normalized spacial score (nSPS) is 12.8. The lowest BCUT2D eigenvalue weighted by molar-refractivity contribution is 0.893. The van der Waals surface area contributed by atoms with E-state index in [1.165, 1.54) is 15.0 Å². The summed E-state index contributed by atoms with van der Waals surface area (Å²) in [5.74, 6) is 0. The van der Waals surface area contributed by atoms with Gasteiger partial charge in [0.15, 0.2) is 0 Å². The molecule has 0 radical (unpaired) electrons. The Hall–Kier alpha value is -1.35. The van der Waals surface area contributed by atoms with Crippen molar-refractivity contribution in [3.05, 3.63) is 69.6 Å². The van der Waals surface area contributed by atoms with E-state index in [-0.39, 0.29) is 6.04 Å². The van der Waals surface area contributed by atoms with Crippen LogP contribution in [0.4, 0.5) is 0 Å². The highest BCUT2D eigenvalue weighted by Gasteiger charge is 2.13. The minimum Gasteiger partial charge on any atom is -0.320 e. The molecule has 2 N–H and O–H groups in total. The fourth-order valence-corrected chi connectivity index (χ4v) is 3.41. The van der Waals surface area contributed by atoms with Gasteiger partial charge < -0.3 is 5.73 Å². The second-order valence-electron chi connectivity index (χ2n) is 4.67. The molecule has 0 spiro atoms. The number of thiophene rings is 1. The summed E-state index contributed by atoms with van der Waals surface area (Å²) < 4.78 is 1.27. The average Bonchev–Trinajstić information content (AvgIpc) is 2.85. The molecule has 1 heterocycles. The number of benzene rings is 2. The van der Waals surface area contributed by atoms with Gasteiger partial charge in [0.25, 0.3) is 0 Å². The zero-order valence-electron chi connectivity index (χ0n) is 10.6. The number of halogens is 1. The summed E-state index contributed by atoms with van der Waals surface area (Å²) in [5, 5.41) is 2.02. The quantitative estimate of drug-likeness (QED) is 0.712. The Labute approximate surface area is 121 Å². The molecule has 0 aliphatic rings. The van der Waals surface area contributed by atoms with Crippen molar-refractivity contribution in [3.8, 4) is 0 Å². The second kappa shape index (κ2) is 4.97. The summed E-state index contributed by atoms with van der Waals surface area (Å²) in [6.07, 6.45) is 0. The van der Waals surface area contributed by atoms with E-state index in [0.717, 1.165) is 16.1 Å². The Balaban J connectivity index is 2.02. The van der Waals surface area contributed by atoms with Crippen LogP contribution in [0.3, 0.4) is 0 Å². The Morgan fingerprint density at radius 1 is 1.11 bits per heavy atom. The highest BCUT2D eigenvalue weighted by molar-refractivity contribution is 7.19. The first-order valence-electron chi connectivity index (χ1n) is 6.15. The topological polar surface area (TPSA) is 26.0 Å². The zero-order valence-corrected chi connectivity index (χ0v) is 12.1. The maximum Gasteiger partial charge on any atom is 0.0646 e. The summed E-state index contributed by atoms with van der Waals surface area (Å²) in [6.45, 7) is 2.00. The summed E-state index contributed by atoms with van der Waals surface area (Å²) in [6, 6.07) is 16.4. The van der Waals surface area contributed by atoms with E-state index in [1.807, 2.05) is 25.1 Å². The molecule has 1 unspecified atom stereocenters. The predicted octanol–water partition coefficient (Wildman–Crippen LogP) is 4.91. The molecule has 3 heteroatoms. The van der Waals surface area contributed by atoms with E-state index in [2.05, 4.69) is 30.3 Å². The van der Waals surface area contributed by atoms with E-state index in [0.29, 0.717) is 0 Å². The lowest BCUT2D eigenvalue weighted by atomic mass is 10.0. The van der Waals surface area contributed by atoms with Crippen molar-refractivity contribution in [1.29, 1.82) is 0 Å². The van der Waals surface area contributed by atoms with E-state index >= 15 is 0 Å². The maximum atomic E-state index is 6.35. The van der Waals surface area contributed by atoms with E-state index in [9.17, 15) is 0 Å². The molecule has 3 aromatic rings. The van der Waals surface area contributed by atoms with E-state index in [1.54, 1.807) is 11.3 Å². The third-order valence-corrected chi connectivity index (χ3v) is 4.91. The van der Waals surface area contributed by atoms with Crippen LogP contribution in [0.2, 0.25) is 5.02 Å². The molecule has 19 heavy (non-hydrogen) atoms. The Morgan fingerprint density at radius 3 is 2.63 bits per heavy atom. The van der Waals surface area contributed by atoms with Crippen LogP contribution in [0, 0.1) is 6.92 Å². The van der Waals surface area contributed by atoms with Crippen LogP contribution in [0.1, 0.15) is 22.0 Å². The van der Waals surface area contributed by atoms with Gasteiger partial charge in [0.1, 0.15) is 0 Å². The molecular weight excluding hydrogens is 274 g/mol. The van der Waals surface area contributed by atoms with Crippen molar-refractivity contribution >= 4 is 33.0 Å². The first-order valence-corrected chi connectivity index (χ1v) is 7.35. The third-order valence-electron chi connectivity index (χ3n) is 3.31. The molecule has 96 valence electrons. The van der Waals surface area contributed by atoms with Gasteiger partial charge in [-0.05, 0) is 41.6 Å². The van der Waals surface area contributed by atoms with Crippen molar-refractivity contribution in [2.75, 3.05) is 0 Å². The highest BCUT2D eigenvalue weighted by Crippen LogP contribution is 2.32. The number of nitrogens with two attached hydrogens (primary N) is 1. The van der Waals surface area contributed by atoms with Crippen LogP contribution < -0.4 is 5.73 Å². The average molecular weight is 288 g/mol. The van der Waals surface area contributed by atoms with Crippen molar-refractivity contribution in [1.82, 2.24) is 0 Å². The van der Waals surface area contributed by atoms with E-state index in [4.69, 9.17) is 17.3 Å². The van der Waals surface area contributed by atoms with Crippen LogP contribution in [-0.4, -0.2) is 0 Å². The molecule has 3 rings (SSSR count). The smallest absolute Gasteiger partial charge is 0.0646 e. The lowest BCUT2D eigenvalue weighted by Crippen LogP contribution is -2.10. The fraction of sp³-hybridized carbons (Fsp3) is 0.125. The van der Waals surface area contributed by atoms with Gasteiger partial charge in [-0.1, -0.05) is 41.9 Å². The minimum atomic E-state index is -0.115. The predicted molar refractivity (Wildman–Crippen MR) is 84.0 cm³/mol. The van der Waals surface area contributed by atoms with Gasteiger partial charge in [-0.25, -0.2) is 0 Å². The van der Waals surface area contributed by atoms with Gasteiger partial charge in [-0.2, -0.15) is 0 Å². The van der Waals surface area contributed by atoms with Gasteiger partial charge >= 0.3 is 0 Å². The van der Waals surface area contributed by atoms with Crippen LogP contribution in [0.25, 0.3) is 10.1 Å². The lowest BCUT2D eigenvalue weighted by Gasteiger charge is -2.11. The van der Waals surface area contributed by atoms with Gasteiger partial charge in [0, 0.05) is 14.6 Å². The molecule has 0 aliphatic heterocycles. The summed E-state index contributed by atoms with van der Waals surface area (Å²) in [4.78, 5) is 1.17. The number of aryl methyl sites for hydroxylation is 1. The van der Waals surface area contributed by atoms with Crippen LogP contribution in [0.15, 0.2) is 48.5 Å². The molecule has 0 amide bonds. The van der Waals surface area contributed by atoms with Crippen LogP contribution >= 0.6 is 22.9 Å². The SMILES string of the molecule is Cc1ccc(C(N)c2cc3ccccc3s2)cc1Cl. The molecule has 0 fully saturated rings. The number of hydrogen-bond donors (Lipinski definition) is 1. The number of fused-ring (bicyclic) bond motifs is 1. The van der Waals surface area contributed by atoms with Gasteiger partial charge in [-0.15, -0.1) is 11.3 Å². The summed E-state index contributed by atoms with van der Waals surface area (Å²) in [5.41, 5.74) is 8.49. The molecule has 0 aliphatic carbocycles. The fourth-order valence-electron chi connectivity index (χ4n) is 2.12. The van der Waals surface area contributed by atoms with Crippen molar-refractivity contribution in [3.63, 3.8) is 0 Å². The van der Waals surface area contributed by atoms with Crippen LogP contribution in [0.5, 0.6) is 0 Å². The molecule has 1 nitrogen and oxygen atoms in total. The highest BCUT2D eigenvalue weighted by atomic mass is 35.5. The van der Waals surface area contributed by atoms with Crippen LogP contribution in [-0.2, 0) is 0 Å². The standard InChI is InChI=1S/C16H14ClNS/c1-10-6-7-12(8-13(10)17)16(18)15-9-11-4-2-3-5-14(11)19-15/h2-9,16H,18H2,1H3. The van der Waals surface area contributed by atoms with Gasteiger partial charge in [-0.3, -0.25) is 0 Å². The minimum absolute atomic E-state index is 0.115. The molecule has 0 bridgehead atoms. The number of hydrogen-bond acceptors (Lipinski definition) is 2.